The Morgan fingerprint density at radius 1 is 1.05 bits per heavy atom. The predicted octanol–water partition coefficient (Wildman–Crippen LogP) is 2.21. The number of nitrogens with zero attached hydrogens (tertiary/aromatic N) is 4. The van der Waals surface area contributed by atoms with E-state index >= 15 is 0 Å². The lowest BCUT2D eigenvalue weighted by molar-refractivity contribution is 0.0504. The minimum absolute atomic E-state index is 0.521. The molecule has 0 unspecified atom stereocenters. The molecule has 98 valence electrons. The van der Waals surface area contributed by atoms with Gasteiger partial charge in [-0.3, -0.25) is 0 Å². The van der Waals surface area contributed by atoms with Crippen molar-refractivity contribution >= 4 is 0 Å². The van der Waals surface area contributed by atoms with Crippen LogP contribution in [-0.4, -0.2) is 39.5 Å². The summed E-state index contributed by atoms with van der Waals surface area (Å²) in [6, 6.07) is 10.8. The Labute approximate surface area is 113 Å². The number of aromatic nitrogens is 3. The molecule has 19 heavy (non-hydrogen) atoms. The molecule has 3 fully saturated rings. The lowest BCUT2D eigenvalue weighted by Crippen LogP contribution is -2.48. The van der Waals surface area contributed by atoms with Crippen LogP contribution in [0.25, 0.3) is 11.3 Å². The maximum Gasteiger partial charge on any atom is 0.113 e. The van der Waals surface area contributed by atoms with Crippen LogP contribution in [0.3, 0.4) is 0 Å². The molecule has 4 heteroatoms. The Balaban J connectivity index is 1.62. The highest BCUT2D eigenvalue weighted by Crippen LogP contribution is 2.35. The molecule has 0 radical (unpaired) electrons. The molecule has 3 aliphatic rings. The number of hydrogen-bond donors (Lipinski definition) is 0. The van der Waals surface area contributed by atoms with Crippen LogP contribution in [0, 0.1) is 5.92 Å². The average Bonchev–Trinajstić information content (AvgIpc) is 2.99. The highest BCUT2D eigenvalue weighted by atomic mass is 15.4. The Morgan fingerprint density at radius 2 is 1.84 bits per heavy atom. The summed E-state index contributed by atoms with van der Waals surface area (Å²) in [5, 5.41) is 8.71. The second-order valence-corrected chi connectivity index (χ2v) is 5.66. The predicted molar refractivity (Wildman–Crippen MR) is 73.7 cm³/mol. The summed E-state index contributed by atoms with van der Waals surface area (Å²) in [5.74, 6) is 0.787. The van der Waals surface area contributed by atoms with Gasteiger partial charge < -0.3 is 4.90 Å². The Hall–Kier alpha value is -1.68. The maximum atomic E-state index is 4.37. The number of fused-ring (bicyclic) bond motifs is 3. The first kappa shape index (κ1) is 11.2. The van der Waals surface area contributed by atoms with E-state index in [2.05, 4.69) is 38.2 Å². The van der Waals surface area contributed by atoms with Gasteiger partial charge in [0.25, 0.3) is 0 Å². The Morgan fingerprint density at radius 3 is 2.53 bits per heavy atom. The van der Waals surface area contributed by atoms with Gasteiger partial charge in [-0.15, -0.1) is 5.10 Å². The van der Waals surface area contributed by atoms with Crippen molar-refractivity contribution in [2.75, 3.05) is 19.6 Å². The monoisotopic (exact) mass is 254 g/mol. The van der Waals surface area contributed by atoms with Gasteiger partial charge >= 0.3 is 0 Å². The molecule has 1 aromatic heterocycles. The van der Waals surface area contributed by atoms with Crippen LogP contribution >= 0.6 is 0 Å². The van der Waals surface area contributed by atoms with Crippen LogP contribution < -0.4 is 0 Å². The fraction of sp³-hybridized carbons (Fsp3) is 0.467. The zero-order chi connectivity index (χ0) is 12.7. The molecular formula is C15H18N4. The molecular weight excluding hydrogens is 236 g/mol. The van der Waals surface area contributed by atoms with Crippen molar-refractivity contribution in [2.45, 2.75) is 18.9 Å². The Bertz CT molecular complexity index is 555. The van der Waals surface area contributed by atoms with Crippen LogP contribution in [0.4, 0.5) is 0 Å². The largest absolute Gasteiger partial charge is 0.301 e. The molecule has 2 aromatic rings. The number of piperidine rings is 3. The number of benzene rings is 1. The SMILES string of the molecule is c1ccc(-c2cn([C@H]3CN4CCC3CC4)nn2)cc1. The number of hydrogen-bond acceptors (Lipinski definition) is 3. The van der Waals surface area contributed by atoms with Crippen LogP contribution in [-0.2, 0) is 0 Å². The van der Waals surface area contributed by atoms with Gasteiger partial charge in [0.05, 0.1) is 12.2 Å². The molecule has 0 amide bonds. The van der Waals surface area contributed by atoms with E-state index in [1.165, 1.54) is 25.9 Å². The quantitative estimate of drug-likeness (QED) is 0.824. The normalized spacial score (nSPS) is 29.6. The first-order chi connectivity index (χ1) is 9.40. The van der Waals surface area contributed by atoms with Gasteiger partial charge in [-0.1, -0.05) is 35.5 Å². The highest BCUT2D eigenvalue weighted by Gasteiger charge is 2.35. The molecule has 2 bridgehead atoms. The van der Waals surface area contributed by atoms with E-state index in [0.717, 1.165) is 23.7 Å². The van der Waals surface area contributed by atoms with Gasteiger partial charge in [0, 0.05) is 12.1 Å². The molecule has 1 atom stereocenters. The van der Waals surface area contributed by atoms with Crippen molar-refractivity contribution in [3.63, 3.8) is 0 Å². The summed E-state index contributed by atoms with van der Waals surface area (Å²) in [4.78, 5) is 2.55. The molecule has 0 aliphatic carbocycles. The first-order valence-electron chi connectivity index (χ1n) is 7.10. The van der Waals surface area contributed by atoms with Gasteiger partial charge in [0.1, 0.15) is 5.69 Å². The molecule has 0 N–H and O–H groups in total. The van der Waals surface area contributed by atoms with Crippen molar-refractivity contribution in [1.29, 1.82) is 0 Å². The van der Waals surface area contributed by atoms with Gasteiger partial charge in [-0.25, -0.2) is 4.68 Å². The van der Waals surface area contributed by atoms with E-state index in [1.54, 1.807) is 0 Å². The minimum Gasteiger partial charge on any atom is -0.301 e. The summed E-state index contributed by atoms with van der Waals surface area (Å²) >= 11 is 0. The third-order valence-corrected chi connectivity index (χ3v) is 4.54. The van der Waals surface area contributed by atoms with Gasteiger partial charge in [0.15, 0.2) is 0 Å². The topological polar surface area (TPSA) is 34.0 Å². The molecule has 4 nitrogen and oxygen atoms in total. The van der Waals surface area contributed by atoms with Crippen LogP contribution in [0.2, 0.25) is 0 Å². The smallest absolute Gasteiger partial charge is 0.113 e. The molecule has 1 aromatic carbocycles. The van der Waals surface area contributed by atoms with E-state index in [1.807, 2.05) is 18.2 Å². The molecule has 5 rings (SSSR count). The van der Waals surface area contributed by atoms with E-state index in [0.29, 0.717) is 6.04 Å². The Kier molecular flexibility index (Phi) is 2.62. The lowest BCUT2D eigenvalue weighted by Gasteiger charge is -2.44. The molecule has 0 saturated carbocycles. The van der Waals surface area contributed by atoms with Gasteiger partial charge in [-0.2, -0.15) is 0 Å². The molecule has 3 saturated heterocycles. The van der Waals surface area contributed by atoms with Crippen LogP contribution in [0.1, 0.15) is 18.9 Å². The third-order valence-electron chi connectivity index (χ3n) is 4.54. The van der Waals surface area contributed by atoms with Gasteiger partial charge in [0.2, 0.25) is 0 Å². The fourth-order valence-corrected chi connectivity index (χ4v) is 3.41. The van der Waals surface area contributed by atoms with Gasteiger partial charge in [-0.05, 0) is 31.8 Å². The summed E-state index contributed by atoms with van der Waals surface area (Å²) in [6.45, 7) is 3.67. The average molecular weight is 254 g/mol. The molecule has 3 aliphatic heterocycles. The zero-order valence-corrected chi connectivity index (χ0v) is 10.9. The van der Waals surface area contributed by atoms with Crippen molar-refractivity contribution in [3.8, 4) is 11.3 Å². The van der Waals surface area contributed by atoms with E-state index in [4.69, 9.17) is 0 Å². The fourth-order valence-electron chi connectivity index (χ4n) is 3.41. The summed E-state index contributed by atoms with van der Waals surface area (Å²) in [7, 11) is 0. The highest BCUT2D eigenvalue weighted by molar-refractivity contribution is 5.57. The summed E-state index contributed by atoms with van der Waals surface area (Å²) in [6.07, 6.45) is 4.73. The van der Waals surface area contributed by atoms with Crippen LogP contribution in [0.15, 0.2) is 36.5 Å². The van der Waals surface area contributed by atoms with Crippen molar-refractivity contribution in [2.24, 2.45) is 5.92 Å². The first-order valence-corrected chi connectivity index (χ1v) is 7.10. The third kappa shape index (κ3) is 1.96. The summed E-state index contributed by atoms with van der Waals surface area (Å²) < 4.78 is 2.10. The standard InChI is InChI=1S/C15H18N4/c1-2-4-12(5-3-1)14-10-19(17-16-14)15-11-18-8-6-13(15)7-9-18/h1-5,10,13,15H,6-9,11H2/t15-/m0/s1. The zero-order valence-electron chi connectivity index (χ0n) is 10.9. The summed E-state index contributed by atoms with van der Waals surface area (Å²) in [5.41, 5.74) is 2.13. The number of rotatable bonds is 2. The lowest BCUT2D eigenvalue weighted by atomic mass is 9.84. The van der Waals surface area contributed by atoms with Crippen molar-refractivity contribution in [1.82, 2.24) is 19.9 Å². The molecule has 4 heterocycles. The van der Waals surface area contributed by atoms with Crippen molar-refractivity contribution in [3.05, 3.63) is 36.5 Å². The van der Waals surface area contributed by atoms with E-state index in [-0.39, 0.29) is 0 Å². The van der Waals surface area contributed by atoms with E-state index < -0.39 is 0 Å². The minimum atomic E-state index is 0.521. The maximum absolute atomic E-state index is 4.37. The molecule has 0 spiro atoms. The second kappa shape index (κ2) is 4.46. The van der Waals surface area contributed by atoms with Crippen molar-refractivity contribution < 1.29 is 0 Å². The second-order valence-electron chi connectivity index (χ2n) is 5.66. The van der Waals surface area contributed by atoms with E-state index in [9.17, 15) is 0 Å². The van der Waals surface area contributed by atoms with Crippen LogP contribution in [0.5, 0.6) is 0 Å².